The van der Waals surface area contributed by atoms with Crippen LogP contribution in [0.1, 0.15) is 18.5 Å². The fourth-order valence-electron chi connectivity index (χ4n) is 1.60. The highest BCUT2D eigenvalue weighted by atomic mass is 16.5. The predicted octanol–water partition coefficient (Wildman–Crippen LogP) is 1.06. The number of methoxy groups -OCH3 is 3. The van der Waals surface area contributed by atoms with Gasteiger partial charge in [-0.05, 0) is 24.6 Å². The molecule has 0 spiro atoms. The molecule has 0 aliphatic heterocycles. The summed E-state index contributed by atoms with van der Waals surface area (Å²) in [7, 11) is 4.70. The Morgan fingerprint density at radius 1 is 0.941 bits per heavy atom. The van der Waals surface area contributed by atoms with Gasteiger partial charge >= 0.3 is 0 Å². The molecule has 0 bridgehead atoms. The van der Waals surface area contributed by atoms with Crippen LogP contribution in [0.3, 0.4) is 0 Å². The monoisotopic (exact) mass is 240 g/mol. The molecule has 4 N–H and O–H groups in total. The molecule has 0 radical (unpaired) electrons. The van der Waals surface area contributed by atoms with Crippen LogP contribution in [0.5, 0.6) is 17.2 Å². The summed E-state index contributed by atoms with van der Waals surface area (Å²) in [5, 5.41) is 0. The molecule has 1 rings (SSSR count). The molecule has 0 aliphatic carbocycles. The van der Waals surface area contributed by atoms with Crippen molar-refractivity contribution in [3.8, 4) is 17.2 Å². The number of hydrogen-bond donors (Lipinski definition) is 2. The van der Waals surface area contributed by atoms with E-state index in [-0.39, 0.29) is 12.1 Å². The Labute approximate surface area is 102 Å². The van der Waals surface area contributed by atoms with Crippen LogP contribution < -0.4 is 25.7 Å². The molecule has 96 valence electrons. The fraction of sp³-hybridized carbons (Fsp3) is 0.500. The van der Waals surface area contributed by atoms with Crippen LogP contribution in [0.4, 0.5) is 0 Å². The zero-order chi connectivity index (χ0) is 13.0. The van der Waals surface area contributed by atoms with Crippen molar-refractivity contribution < 1.29 is 14.2 Å². The summed E-state index contributed by atoms with van der Waals surface area (Å²) < 4.78 is 15.7. The summed E-state index contributed by atoms with van der Waals surface area (Å²) in [6.45, 7) is 1.86. The van der Waals surface area contributed by atoms with Crippen LogP contribution in [-0.4, -0.2) is 27.4 Å². The van der Waals surface area contributed by atoms with Gasteiger partial charge in [0.15, 0.2) is 11.5 Å². The van der Waals surface area contributed by atoms with Crippen molar-refractivity contribution in [2.24, 2.45) is 11.5 Å². The number of benzene rings is 1. The Hall–Kier alpha value is -1.46. The van der Waals surface area contributed by atoms with Gasteiger partial charge in [0.05, 0.1) is 21.3 Å². The second kappa shape index (κ2) is 5.75. The summed E-state index contributed by atoms with van der Waals surface area (Å²) in [4.78, 5) is 0. The van der Waals surface area contributed by atoms with E-state index in [1.807, 2.05) is 19.1 Å². The Morgan fingerprint density at radius 2 is 1.41 bits per heavy atom. The lowest BCUT2D eigenvalue weighted by Crippen LogP contribution is -2.31. The summed E-state index contributed by atoms with van der Waals surface area (Å²) in [6, 6.07) is 3.20. The third-order valence-corrected chi connectivity index (χ3v) is 2.64. The van der Waals surface area contributed by atoms with E-state index in [9.17, 15) is 0 Å². The highest BCUT2D eigenvalue weighted by molar-refractivity contribution is 5.54. The molecule has 5 nitrogen and oxygen atoms in total. The first-order valence-corrected chi connectivity index (χ1v) is 5.36. The minimum absolute atomic E-state index is 0.155. The second-order valence-corrected chi connectivity index (χ2v) is 3.84. The fourth-order valence-corrected chi connectivity index (χ4v) is 1.60. The highest BCUT2D eigenvalue weighted by Gasteiger charge is 2.18. The van der Waals surface area contributed by atoms with Crippen molar-refractivity contribution in [2.45, 2.75) is 19.0 Å². The van der Waals surface area contributed by atoms with Crippen LogP contribution in [0.15, 0.2) is 12.1 Å². The smallest absolute Gasteiger partial charge is 0.203 e. The molecule has 0 aliphatic rings. The van der Waals surface area contributed by atoms with Crippen LogP contribution >= 0.6 is 0 Å². The largest absolute Gasteiger partial charge is 0.493 e. The molecule has 0 amide bonds. The van der Waals surface area contributed by atoms with Crippen LogP contribution in [0.2, 0.25) is 0 Å². The average molecular weight is 240 g/mol. The Morgan fingerprint density at radius 3 is 1.71 bits per heavy atom. The van der Waals surface area contributed by atoms with Crippen LogP contribution in [0.25, 0.3) is 0 Å². The van der Waals surface area contributed by atoms with E-state index in [2.05, 4.69) is 0 Å². The van der Waals surface area contributed by atoms with Crippen LogP contribution in [0, 0.1) is 0 Å². The van der Waals surface area contributed by atoms with Gasteiger partial charge in [-0.2, -0.15) is 0 Å². The van der Waals surface area contributed by atoms with Crippen molar-refractivity contribution >= 4 is 0 Å². The maximum atomic E-state index is 6.00. The van der Waals surface area contributed by atoms with Crippen molar-refractivity contribution in [3.63, 3.8) is 0 Å². The van der Waals surface area contributed by atoms with Gasteiger partial charge < -0.3 is 25.7 Å². The first-order valence-electron chi connectivity index (χ1n) is 5.36. The lowest BCUT2D eigenvalue weighted by atomic mass is 10.0. The molecular formula is C12H20N2O3. The molecule has 0 saturated carbocycles. The molecule has 17 heavy (non-hydrogen) atoms. The topological polar surface area (TPSA) is 79.7 Å². The molecule has 0 saturated heterocycles. The zero-order valence-electron chi connectivity index (χ0n) is 10.7. The van der Waals surface area contributed by atoms with E-state index >= 15 is 0 Å². The molecule has 2 atom stereocenters. The second-order valence-electron chi connectivity index (χ2n) is 3.84. The minimum Gasteiger partial charge on any atom is -0.493 e. The summed E-state index contributed by atoms with van der Waals surface area (Å²) in [6.07, 6.45) is 0. The van der Waals surface area contributed by atoms with Crippen LogP contribution in [-0.2, 0) is 0 Å². The zero-order valence-corrected chi connectivity index (χ0v) is 10.7. The lowest BCUT2D eigenvalue weighted by Gasteiger charge is -2.19. The molecule has 0 heterocycles. The number of nitrogens with two attached hydrogens (primary N) is 2. The van der Waals surface area contributed by atoms with E-state index in [4.69, 9.17) is 25.7 Å². The molecule has 5 heteroatoms. The molecule has 1 aromatic rings. The maximum Gasteiger partial charge on any atom is 0.203 e. The quantitative estimate of drug-likeness (QED) is 0.804. The Kier molecular flexibility index (Phi) is 4.60. The van der Waals surface area contributed by atoms with E-state index in [1.54, 1.807) is 21.3 Å². The van der Waals surface area contributed by atoms with Gasteiger partial charge in [0.1, 0.15) is 0 Å². The Bertz CT molecular complexity index is 355. The number of ether oxygens (including phenoxy) is 3. The van der Waals surface area contributed by atoms with Crippen molar-refractivity contribution in [1.82, 2.24) is 0 Å². The van der Waals surface area contributed by atoms with Gasteiger partial charge in [0, 0.05) is 12.1 Å². The van der Waals surface area contributed by atoms with Gasteiger partial charge in [-0.15, -0.1) is 0 Å². The minimum atomic E-state index is -0.274. The van der Waals surface area contributed by atoms with Gasteiger partial charge in [-0.3, -0.25) is 0 Å². The normalized spacial score (nSPS) is 14.0. The summed E-state index contributed by atoms with van der Waals surface area (Å²) >= 11 is 0. The number of rotatable bonds is 5. The standard InChI is InChI=1S/C12H20N2O3/c1-7(13)11(14)8-5-9(15-2)12(17-4)10(6-8)16-3/h5-7,11H,13-14H2,1-4H3. The summed E-state index contributed by atoms with van der Waals surface area (Å²) in [5.74, 6) is 1.71. The van der Waals surface area contributed by atoms with E-state index in [0.717, 1.165) is 5.56 Å². The average Bonchev–Trinajstić information content (AvgIpc) is 2.35. The van der Waals surface area contributed by atoms with Crippen molar-refractivity contribution in [3.05, 3.63) is 17.7 Å². The lowest BCUT2D eigenvalue weighted by molar-refractivity contribution is 0.323. The van der Waals surface area contributed by atoms with E-state index < -0.39 is 0 Å². The summed E-state index contributed by atoms with van der Waals surface area (Å²) in [5.41, 5.74) is 12.6. The first kappa shape index (κ1) is 13.6. The Balaban J connectivity index is 3.27. The van der Waals surface area contributed by atoms with Gasteiger partial charge in [-0.25, -0.2) is 0 Å². The van der Waals surface area contributed by atoms with Gasteiger partial charge in [0.25, 0.3) is 0 Å². The maximum absolute atomic E-state index is 6.00. The van der Waals surface area contributed by atoms with E-state index in [1.165, 1.54) is 0 Å². The van der Waals surface area contributed by atoms with Crippen molar-refractivity contribution in [1.29, 1.82) is 0 Å². The SMILES string of the molecule is COc1cc(C(N)C(C)N)cc(OC)c1OC. The number of hydrogen-bond acceptors (Lipinski definition) is 5. The highest BCUT2D eigenvalue weighted by Crippen LogP contribution is 2.39. The third-order valence-electron chi connectivity index (χ3n) is 2.64. The predicted molar refractivity (Wildman–Crippen MR) is 66.7 cm³/mol. The van der Waals surface area contributed by atoms with Gasteiger partial charge in [0.2, 0.25) is 5.75 Å². The molecular weight excluding hydrogens is 220 g/mol. The first-order chi connectivity index (χ1) is 8.04. The molecule has 2 unspecified atom stereocenters. The molecule has 1 aromatic carbocycles. The molecule has 0 aromatic heterocycles. The van der Waals surface area contributed by atoms with E-state index in [0.29, 0.717) is 17.2 Å². The molecule has 0 fully saturated rings. The van der Waals surface area contributed by atoms with Crippen molar-refractivity contribution in [2.75, 3.05) is 21.3 Å². The van der Waals surface area contributed by atoms with Gasteiger partial charge in [-0.1, -0.05) is 0 Å². The third kappa shape index (κ3) is 2.81.